The van der Waals surface area contributed by atoms with E-state index in [-0.39, 0.29) is 30.8 Å². The fourth-order valence-electron chi connectivity index (χ4n) is 2.49. The van der Waals surface area contributed by atoms with Crippen molar-refractivity contribution in [3.63, 3.8) is 0 Å². The van der Waals surface area contributed by atoms with E-state index < -0.39 is 54.3 Å². The summed E-state index contributed by atoms with van der Waals surface area (Å²) in [7, 11) is 0. The van der Waals surface area contributed by atoms with Crippen molar-refractivity contribution in [2.75, 3.05) is 12.3 Å². The lowest BCUT2D eigenvalue weighted by atomic mass is 10.1. The zero-order valence-corrected chi connectivity index (χ0v) is 17.9. The van der Waals surface area contributed by atoms with E-state index in [0.717, 1.165) is 0 Å². The Balaban J connectivity index is 2.59. The highest BCUT2D eigenvalue weighted by atomic mass is 32.1. The number of carboxylic acid groups (broad SMARTS) is 2. The first-order valence-electron chi connectivity index (χ1n) is 9.49. The fraction of sp³-hybridized carbons (Fsp3) is 0.421. The smallest absolute Gasteiger partial charge is 0.326 e. The molecule has 1 rings (SSSR count). The molecule has 0 aliphatic carbocycles. The van der Waals surface area contributed by atoms with Gasteiger partial charge in [-0.3, -0.25) is 19.2 Å². The Morgan fingerprint density at radius 3 is 2.12 bits per heavy atom. The third kappa shape index (κ3) is 9.66. The lowest BCUT2D eigenvalue weighted by Crippen LogP contribution is -2.54. The van der Waals surface area contributed by atoms with Crippen molar-refractivity contribution in [3.8, 4) is 5.75 Å². The molecule has 0 spiro atoms. The first-order chi connectivity index (χ1) is 15.0. The van der Waals surface area contributed by atoms with Crippen molar-refractivity contribution in [3.05, 3.63) is 29.8 Å². The molecule has 3 atom stereocenters. The standard InChI is InChI=1S/C19H26N4O8S/c20-12(5-6-16(26)27)17(28)21-8-15(25)22-14(9-32)18(29)23-13(19(30)31)7-10-1-3-11(24)4-2-10/h1-4,12-14,24,32H,5-9,20H2,(H,21,28)(H,22,25)(H,23,29)(H,26,27)(H,30,31). The molecule has 12 nitrogen and oxygen atoms in total. The summed E-state index contributed by atoms with van der Waals surface area (Å²) in [5.41, 5.74) is 6.09. The van der Waals surface area contributed by atoms with Crippen molar-refractivity contribution >= 4 is 42.3 Å². The Kier molecular flexibility index (Phi) is 11.0. The van der Waals surface area contributed by atoms with E-state index in [9.17, 15) is 34.2 Å². The predicted octanol–water partition coefficient (Wildman–Crippen LogP) is -1.77. The average molecular weight is 471 g/mol. The molecule has 0 heterocycles. The second-order valence-electron chi connectivity index (χ2n) is 6.83. The van der Waals surface area contributed by atoms with Crippen LogP contribution in [-0.4, -0.2) is 75.4 Å². The molecule has 176 valence electrons. The number of nitrogens with one attached hydrogen (secondary N) is 3. The molecule has 8 N–H and O–H groups in total. The number of phenols is 1. The maximum atomic E-state index is 12.4. The molecule has 3 unspecified atom stereocenters. The molecular weight excluding hydrogens is 444 g/mol. The number of carboxylic acids is 2. The van der Waals surface area contributed by atoms with Gasteiger partial charge in [-0.25, -0.2) is 4.79 Å². The number of carbonyl (C=O) groups excluding carboxylic acids is 3. The van der Waals surface area contributed by atoms with Crippen LogP contribution in [0.3, 0.4) is 0 Å². The zero-order chi connectivity index (χ0) is 24.3. The second-order valence-corrected chi connectivity index (χ2v) is 7.19. The minimum atomic E-state index is -1.29. The molecule has 0 aliphatic rings. The Morgan fingerprint density at radius 1 is 0.969 bits per heavy atom. The number of hydrogen-bond donors (Lipinski definition) is 8. The fourth-order valence-corrected chi connectivity index (χ4v) is 2.75. The Labute approximate surface area is 189 Å². The molecule has 0 fully saturated rings. The summed E-state index contributed by atoms with van der Waals surface area (Å²) >= 11 is 3.99. The third-order valence-electron chi connectivity index (χ3n) is 4.25. The van der Waals surface area contributed by atoms with Crippen LogP contribution in [0.15, 0.2) is 24.3 Å². The molecule has 0 aromatic heterocycles. The van der Waals surface area contributed by atoms with Crippen LogP contribution < -0.4 is 21.7 Å². The van der Waals surface area contributed by atoms with Crippen molar-refractivity contribution in [1.29, 1.82) is 0 Å². The highest BCUT2D eigenvalue weighted by molar-refractivity contribution is 7.80. The molecule has 0 saturated carbocycles. The van der Waals surface area contributed by atoms with E-state index in [1.807, 2.05) is 0 Å². The number of nitrogens with two attached hydrogens (primary N) is 1. The lowest BCUT2D eigenvalue weighted by Gasteiger charge is -2.20. The zero-order valence-electron chi connectivity index (χ0n) is 17.0. The average Bonchev–Trinajstić information content (AvgIpc) is 2.74. The van der Waals surface area contributed by atoms with E-state index in [2.05, 4.69) is 28.6 Å². The minimum absolute atomic E-state index is 0.0115. The highest BCUT2D eigenvalue weighted by Gasteiger charge is 2.26. The Bertz CT molecular complexity index is 833. The largest absolute Gasteiger partial charge is 0.508 e. The molecule has 1 aromatic carbocycles. The topological polar surface area (TPSA) is 208 Å². The summed E-state index contributed by atoms with van der Waals surface area (Å²) in [5.74, 6) is -4.80. The summed E-state index contributed by atoms with van der Waals surface area (Å²) in [6.07, 6.45) is -0.474. The first-order valence-corrected chi connectivity index (χ1v) is 10.1. The number of benzene rings is 1. The van der Waals surface area contributed by atoms with Crippen LogP contribution in [0.2, 0.25) is 0 Å². The quantitative estimate of drug-likeness (QED) is 0.153. The van der Waals surface area contributed by atoms with Crippen LogP contribution in [0.25, 0.3) is 0 Å². The van der Waals surface area contributed by atoms with Gasteiger partial charge in [0.2, 0.25) is 17.7 Å². The van der Waals surface area contributed by atoms with Crippen molar-refractivity contribution in [2.24, 2.45) is 5.73 Å². The van der Waals surface area contributed by atoms with Crippen LogP contribution in [0.5, 0.6) is 5.75 Å². The van der Waals surface area contributed by atoms with Crippen molar-refractivity contribution in [1.82, 2.24) is 16.0 Å². The number of phenolic OH excluding ortho intramolecular Hbond substituents is 1. The molecule has 0 bridgehead atoms. The predicted molar refractivity (Wildman–Crippen MR) is 115 cm³/mol. The van der Waals surface area contributed by atoms with E-state index in [4.69, 9.17) is 10.8 Å². The van der Waals surface area contributed by atoms with Crippen LogP contribution in [0.1, 0.15) is 18.4 Å². The van der Waals surface area contributed by atoms with Gasteiger partial charge in [0.05, 0.1) is 12.6 Å². The van der Waals surface area contributed by atoms with Gasteiger partial charge in [0.15, 0.2) is 0 Å². The molecule has 1 aromatic rings. The Morgan fingerprint density at radius 2 is 1.59 bits per heavy atom. The first kappa shape index (κ1) is 26.7. The summed E-state index contributed by atoms with van der Waals surface area (Å²) < 4.78 is 0. The van der Waals surface area contributed by atoms with Crippen LogP contribution in [0, 0.1) is 0 Å². The summed E-state index contributed by atoms with van der Waals surface area (Å²) in [6, 6.07) is 2.21. The summed E-state index contributed by atoms with van der Waals surface area (Å²) in [5, 5.41) is 34.1. The molecule has 0 aliphatic heterocycles. The van der Waals surface area contributed by atoms with Gasteiger partial charge in [-0.15, -0.1) is 0 Å². The van der Waals surface area contributed by atoms with Gasteiger partial charge >= 0.3 is 11.9 Å². The second kappa shape index (κ2) is 13.2. The van der Waals surface area contributed by atoms with Crippen LogP contribution in [-0.2, 0) is 30.4 Å². The van der Waals surface area contributed by atoms with Gasteiger partial charge in [0, 0.05) is 18.6 Å². The van der Waals surface area contributed by atoms with Gasteiger partial charge in [-0.1, -0.05) is 12.1 Å². The molecule has 0 radical (unpaired) electrons. The van der Waals surface area contributed by atoms with Crippen molar-refractivity contribution in [2.45, 2.75) is 37.4 Å². The number of thiol groups is 1. The third-order valence-corrected chi connectivity index (χ3v) is 4.62. The minimum Gasteiger partial charge on any atom is -0.508 e. The molecule has 13 heteroatoms. The van der Waals surface area contributed by atoms with Gasteiger partial charge < -0.3 is 37.0 Å². The van der Waals surface area contributed by atoms with Gasteiger partial charge in [0.1, 0.15) is 17.8 Å². The van der Waals surface area contributed by atoms with Gasteiger partial charge in [-0.05, 0) is 24.1 Å². The van der Waals surface area contributed by atoms with E-state index in [1.165, 1.54) is 24.3 Å². The summed E-state index contributed by atoms with van der Waals surface area (Å²) in [6.45, 7) is -0.521. The number of rotatable bonds is 13. The number of hydrogen-bond acceptors (Lipinski definition) is 8. The molecule has 32 heavy (non-hydrogen) atoms. The Hall–Kier alpha value is -3.32. The van der Waals surface area contributed by atoms with E-state index in [1.54, 1.807) is 0 Å². The SMILES string of the molecule is NC(CCC(=O)O)C(=O)NCC(=O)NC(CS)C(=O)NC(Cc1ccc(O)cc1)C(=O)O. The normalized spacial score (nSPS) is 13.3. The maximum absolute atomic E-state index is 12.4. The summed E-state index contributed by atoms with van der Waals surface area (Å²) in [4.78, 5) is 58.3. The maximum Gasteiger partial charge on any atom is 0.326 e. The number of amides is 3. The number of aliphatic carboxylic acids is 2. The van der Waals surface area contributed by atoms with E-state index in [0.29, 0.717) is 5.56 Å². The molecule has 3 amide bonds. The van der Waals surface area contributed by atoms with Crippen molar-refractivity contribution < 1.29 is 39.3 Å². The van der Waals surface area contributed by atoms with Crippen LogP contribution >= 0.6 is 12.6 Å². The lowest BCUT2D eigenvalue weighted by molar-refractivity contribution is -0.142. The van der Waals surface area contributed by atoms with Crippen LogP contribution in [0.4, 0.5) is 0 Å². The van der Waals surface area contributed by atoms with Gasteiger partial charge in [-0.2, -0.15) is 12.6 Å². The molecular formula is C19H26N4O8S. The number of carbonyl (C=O) groups is 5. The number of aromatic hydroxyl groups is 1. The van der Waals surface area contributed by atoms with E-state index >= 15 is 0 Å². The highest BCUT2D eigenvalue weighted by Crippen LogP contribution is 2.11. The monoisotopic (exact) mass is 470 g/mol. The van der Waals surface area contributed by atoms with Gasteiger partial charge in [0.25, 0.3) is 0 Å². The molecule has 0 saturated heterocycles.